The van der Waals surface area contributed by atoms with Gasteiger partial charge in [0.05, 0.1) is 43.8 Å². The number of sulfonamides is 1. The van der Waals surface area contributed by atoms with Crippen LogP contribution in [0.25, 0.3) is 11.3 Å². The standard InChI is InChI=1S/C21H23F3N4O3S/c1-11-16(22)8-28(11)20-25-18(15-5-6-21(23,24)19(15)26-20)12-3-4-14-13(7-12)9-31-10-17(14)27-32(2,29)30/h3-4,7,11,16-17,27H,5-6,8-10H2,1-2H3/t11-,16+,17-/m0/s1. The molecule has 172 valence electrons. The number of anilines is 1. The topological polar surface area (TPSA) is 84.4 Å². The summed E-state index contributed by atoms with van der Waals surface area (Å²) in [5, 5.41) is 0. The van der Waals surface area contributed by atoms with E-state index in [4.69, 9.17) is 4.74 Å². The van der Waals surface area contributed by atoms with Crippen LogP contribution in [0.5, 0.6) is 0 Å². The molecular weight excluding hydrogens is 445 g/mol. The molecule has 1 saturated heterocycles. The number of fused-ring (bicyclic) bond motifs is 2. The molecule has 0 bridgehead atoms. The van der Waals surface area contributed by atoms with Gasteiger partial charge < -0.3 is 9.64 Å². The summed E-state index contributed by atoms with van der Waals surface area (Å²) >= 11 is 0. The van der Waals surface area contributed by atoms with E-state index in [0.717, 1.165) is 17.4 Å². The van der Waals surface area contributed by atoms with Gasteiger partial charge in [-0.2, -0.15) is 8.78 Å². The first-order valence-electron chi connectivity index (χ1n) is 10.4. The Kier molecular flexibility index (Phi) is 4.99. The summed E-state index contributed by atoms with van der Waals surface area (Å²) in [6, 6.07) is 4.33. The molecule has 32 heavy (non-hydrogen) atoms. The predicted octanol–water partition coefficient (Wildman–Crippen LogP) is 2.85. The van der Waals surface area contributed by atoms with E-state index in [1.54, 1.807) is 30.0 Å². The minimum atomic E-state index is -3.44. The van der Waals surface area contributed by atoms with Crippen molar-refractivity contribution in [1.82, 2.24) is 14.7 Å². The third-order valence-electron chi connectivity index (χ3n) is 6.36. The number of halogens is 3. The molecule has 0 spiro atoms. The number of hydrogen-bond acceptors (Lipinski definition) is 6. The number of nitrogens with zero attached hydrogens (tertiary/aromatic N) is 3. The molecule has 3 aliphatic rings. The van der Waals surface area contributed by atoms with Crippen molar-refractivity contribution in [3.63, 3.8) is 0 Å². The van der Waals surface area contributed by atoms with Crippen molar-refractivity contribution in [3.8, 4) is 11.3 Å². The summed E-state index contributed by atoms with van der Waals surface area (Å²) in [5.74, 6) is -2.96. The molecule has 0 radical (unpaired) electrons. The van der Waals surface area contributed by atoms with Crippen LogP contribution in [-0.2, 0) is 33.7 Å². The zero-order chi connectivity index (χ0) is 22.8. The normalized spacial score (nSPS) is 26.4. The van der Waals surface area contributed by atoms with Crippen molar-refractivity contribution in [2.75, 3.05) is 24.3 Å². The zero-order valence-corrected chi connectivity index (χ0v) is 18.4. The van der Waals surface area contributed by atoms with Crippen molar-refractivity contribution in [2.45, 2.75) is 50.6 Å². The lowest BCUT2D eigenvalue weighted by atomic mass is 9.95. The molecule has 5 rings (SSSR count). The van der Waals surface area contributed by atoms with Crippen molar-refractivity contribution >= 4 is 16.0 Å². The summed E-state index contributed by atoms with van der Waals surface area (Å²) in [7, 11) is -3.44. The SMILES string of the molecule is C[C@H]1[C@H](F)CN1c1nc(-c2ccc3c(c2)COC[C@@H]3NS(C)(=O)=O)c2c(n1)C(F)(F)CC2. The van der Waals surface area contributed by atoms with Gasteiger partial charge in [0.15, 0.2) is 0 Å². The summed E-state index contributed by atoms with van der Waals surface area (Å²) in [5.41, 5.74) is 2.66. The van der Waals surface area contributed by atoms with Gasteiger partial charge in [-0.3, -0.25) is 0 Å². The third-order valence-corrected chi connectivity index (χ3v) is 7.08. The van der Waals surface area contributed by atoms with Gasteiger partial charge in [-0.25, -0.2) is 27.5 Å². The highest BCUT2D eigenvalue weighted by Gasteiger charge is 2.45. The fourth-order valence-corrected chi connectivity index (χ4v) is 5.27. The highest BCUT2D eigenvalue weighted by Crippen LogP contribution is 2.45. The van der Waals surface area contributed by atoms with Crippen LogP contribution in [0.3, 0.4) is 0 Å². The zero-order valence-electron chi connectivity index (χ0n) is 17.6. The van der Waals surface area contributed by atoms with Crippen LogP contribution in [0, 0.1) is 0 Å². The Hall–Kier alpha value is -2.24. The average Bonchev–Trinajstić information content (AvgIpc) is 3.04. The van der Waals surface area contributed by atoms with E-state index in [9.17, 15) is 21.6 Å². The van der Waals surface area contributed by atoms with E-state index in [-0.39, 0.29) is 44.2 Å². The Morgan fingerprint density at radius 3 is 2.75 bits per heavy atom. The fourth-order valence-electron chi connectivity index (χ4n) is 4.56. The minimum Gasteiger partial charge on any atom is -0.375 e. The predicted molar refractivity (Wildman–Crippen MR) is 112 cm³/mol. The molecule has 2 aliphatic heterocycles. The Morgan fingerprint density at radius 1 is 1.28 bits per heavy atom. The highest BCUT2D eigenvalue weighted by molar-refractivity contribution is 7.88. The first kappa shape index (κ1) is 21.6. The van der Waals surface area contributed by atoms with E-state index in [1.807, 2.05) is 0 Å². The fraction of sp³-hybridized carbons (Fsp3) is 0.524. The van der Waals surface area contributed by atoms with Crippen LogP contribution in [-0.4, -0.2) is 50.0 Å². The largest absolute Gasteiger partial charge is 0.375 e. The Bertz CT molecular complexity index is 1190. The monoisotopic (exact) mass is 468 g/mol. The quantitative estimate of drug-likeness (QED) is 0.743. The first-order valence-corrected chi connectivity index (χ1v) is 12.3. The summed E-state index contributed by atoms with van der Waals surface area (Å²) < 4.78 is 74.4. The van der Waals surface area contributed by atoms with E-state index in [1.165, 1.54) is 0 Å². The molecular formula is C21H23F3N4O3S. The molecule has 1 N–H and O–H groups in total. The van der Waals surface area contributed by atoms with Gasteiger partial charge in [-0.15, -0.1) is 0 Å². The third kappa shape index (κ3) is 3.65. The number of aromatic nitrogens is 2. The number of hydrogen-bond donors (Lipinski definition) is 1. The second-order valence-electron chi connectivity index (χ2n) is 8.68. The number of nitrogens with one attached hydrogen (secondary N) is 1. The number of benzene rings is 1. The summed E-state index contributed by atoms with van der Waals surface area (Å²) in [6.07, 6.45) is -0.162. The van der Waals surface area contributed by atoms with Crippen molar-refractivity contribution in [3.05, 3.63) is 40.6 Å². The molecule has 0 amide bonds. The van der Waals surface area contributed by atoms with Crippen LogP contribution in [0.1, 0.15) is 41.8 Å². The lowest BCUT2D eigenvalue weighted by Gasteiger charge is -2.42. The molecule has 1 aliphatic carbocycles. The Morgan fingerprint density at radius 2 is 2.06 bits per heavy atom. The second kappa shape index (κ2) is 7.39. The van der Waals surface area contributed by atoms with Gasteiger partial charge in [0, 0.05) is 17.5 Å². The number of rotatable bonds is 4. The van der Waals surface area contributed by atoms with Crippen LogP contribution in [0.15, 0.2) is 18.2 Å². The lowest BCUT2D eigenvalue weighted by molar-refractivity contribution is -0.00598. The van der Waals surface area contributed by atoms with Gasteiger partial charge >= 0.3 is 0 Å². The van der Waals surface area contributed by atoms with Gasteiger partial charge in [-0.05, 0) is 30.5 Å². The highest BCUT2D eigenvalue weighted by atomic mass is 32.2. The van der Waals surface area contributed by atoms with Gasteiger partial charge in [0.1, 0.15) is 11.9 Å². The maximum absolute atomic E-state index is 14.6. The molecule has 3 atom stereocenters. The van der Waals surface area contributed by atoms with E-state index in [2.05, 4.69) is 14.7 Å². The van der Waals surface area contributed by atoms with Crippen LogP contribution >= 0.6 is 0 Å². The molecule has 11 heteroatoms. The molecule has 1 aromatic heterocycles. The summed E-state index contributed by atoms with van der Waals surface area (Å²) in [6.45, 7) is 2.22. The molecule has 1 aromatic carbocycles. The molecule has 7 nitrogen and oxygen atoms in total. The Labute approximate surface area is 184 Å². The minimum absolute atomic E-state index is 0.0713. The molecule has 1 fully saturated rings. The summed E-state index contributed by atoms with van der Waals surface area (Å²) in [4.78, 5) is 10.3. The van der Waals surface area contributed by atoms with Gasteiger partial charge in [0.2, 0.25) is 16.0 Å². The van der Waals surface area contributed by atoms with Gasteiger partial charge in [-0.1, -0.05) is 12.1 Å². The lowest BCUT2D eigenvalue weighted by Crippen LogP contribution is -2.57. The number of alkyl halides is 3. The number of ether oxygens (including phenoxy) is 1. The van der Waals surface area contributed by atoms with Crippen molar-refractivity contribution in [2.24, 2.45) is 0 Å². The van der Waals surface area contributed by atoms with Crippen molar-refractivity contribution in [1.29, 1.82) is 0 Å². The van der Waals surface area contributed by atoms with E-state index >= 15 is 0 Å². The van der Waals surface area contributed by atoms with E-state index in [0.29, 0.717) is 16.8 Å². The van der Waals surface area contributed by atoms with Gasteiger partial charge in [0.25, 0.3) is 5.92 Å². The van der Waals surface area contributed by atoms with Crippen LogP contribution in [0.4, 0.5) is 19.1 Å². The van der Waals surface area contributed by atoms with Crippen LogP contribution < -0.4 is 9.62 Å². The van der Waals surface area contributed by atoms with E-state index < -0.39 is 34.2 Å². The first-order chi connectivity index (χ1) is 15.0. The molecule has 2 aromatic rings. The van der Waals surface area contributed by atoms with Crippen LogP contribution in [0.2, 0.25) is 0 Å². The molecule has 0 unspecified atom stereocenters. The molecule has 0 saturated carbocycles. The smallest absolute Gasteiger partial charge is 0.290 e. The second-order valence-corrected chi connectivity index (χ2v) is 10.5. The maximum Gasteiger partial charge on any atom is 0.290 e. The maximum atomic E-state index is 14.6. The van der Waals surface area contributed by atoms with Crippen molar-refractivity contribution < 1.29 is 26.3 Å². The average molecular weight is 469 g/mol. The molecule has 3 heterocycles. The Balaban J connectivity index is 1.59.